The van der Waals surface area contributed by atoms with E-state index in [9.17, 15) is 9.59 Å². The van der Waals surface area contributed by atoms with Gasteiger partial charge in [-0.05, 0) is 38.3 Å². The first-order valence-electron chi connectivity index (χ1n) is 8.23. The predicted octanol–water partition coefficient (Wildman–Crippen LogP) is 1.50. The average Bonchev–Trinajstić information content (AvgIpc) is 3.18. The molecule has 1 aromatic carbocycles. The average molecular weight is 343 g/mol. The molecule has 0 fully saturated rings. The van der Waals surface area contributed by atoms with E-state index >= 15 is 0 Å². The number of aliphatic carboxylic acids is 1. The summed E-state index contributed by atoms with van der Waals surface area (Å²) in [4.78, 5) is 23.5. The molecule has 7 nitrogen and oxygen atoms in total. The summed E-state index contributed by atoms with van der Waals surface area (Å²) in [6.07, 6.45) is 1.58. The molecule has 0 saturated carbocycles. The Morgan fingerprint density at radius 2 is 2.04 bits per heavy atom. The topological polar surface area (TPSA) is 93.5 Å². The molecule has 1 atom stereocenters. The Balaban J connectivity index is 1.85. The fraction of sp³-hybridized carbons (Fsp3) is 0.389. The van der Waals surface area contributed by atoms with Gasteiger partial charge in [-0.2, -0.15) is 5.10 Å². The summed E-state index contributed by atoms with van der Waals surface area (Å²) in [7, 11) is 1.30. The van der Waals surface area contributed by atoms with Gasteiger partial charge < -0.3 is 15.2 Å². The monoisotopic (exact) mass is 343 g/mol. The standard InChI is InChI=1S/C18H21N3O4/c1-11-6-8-12(9-7-11)21-14-5-3-4-13(14)16(20-21)17(22)19-10-15(25-2)18(23)24/h6-9,15H,3-5,10H2,1-2H3,(H,19,22)(H,23,24). The number of fused-ring (bicyclic) bond motifs is 1. The van der Waals surface area contributed by atoms with Gasteiger partial charge in [-0.15, -0.1) is 0 Å². The van der Waals surface area contributed by atoms with Gasteiger partial charge >= 0.3 is 5.97 Å². The molecule has 1 unspecified atom stereocenters. The van der Waals surface area contributed by atoms with Gasteiger partial charge in [0, 0.05) is 18.4 Å². The van der Waals surface area contributed by atoms with E-state index < -0.39 is 12.1 Å². The quantitative estimate of drug-likeness (QED) is 0.829. The first-order chi connectivity index (χ1) is 12.0. The van der Waals surface area contributed by atoms with Gasteiger partial charge in [-0.25, -0.2) is 9.48 Å². The summed E-state index contributed by atoms with van der Waals surface area (Å²) >= 11 is 0. The molecule has 3 rings (SSSR count). The Morgan fingerprint density at radius 1 is 1.32 bits per heavy atom. The van der Waals surface area contributed by atoms with E-state index in [-0.39, 0.29) is 12.5 Å². The second kappa shape index (κ2) is 7.06. The van der Waals surface area contributed by atoms with Crippen molar-refractivity contribution < 1.29 is 19.4 Å². The zero-order chi connectivity index (χ0) is 18.0. The van der Waals surface area contributed by atoms with Gasteiger partial charge in [0.2, 0.25) is 0 Å². The van der Waals surface area contributed by atoms with E-state index in [0.717, 1.165) is 41.8 Å². The highest BCUT2D eigenvalue weighted by atomic mass is 16.5. The van der Waals surface area contributed by atoms with Crippen LogP contribution >= 0.6 is 0 Å². The molecule has 1 aliphatic rings. The lowest BCUT2D eigenvalue weighted by Crippen LogP contribution is -2.38. The van der Waals surface area contributed by atoms with Crippen LogP contribution in [0.1, 0.15) is 33.7 Å². The molecule has 0 bridgehead atoms. The molecule has 0 aliphatic heterocycles. The number of benzene rings is 1. The van der Waals surface area contributed by atoms with Crippen molar-refractivity contribution in [1.29, 1.82) is 0 Å². The van der Waals surface area contributed by atoms with Crippen LogP contribution in [0.3, 0.4) is 0 Å². The number of carbonyl (C=O) groups excluding carboxylic acids is 1. The summed E-state index contributed by atoms with van der Waals surface area (Å²) < 4.78 is 6.66. The van der Waals surface area contributed by atoms with Crippen LogP contribution in [0.2, 0.25) is 0 Å². The lowest BCUT2D eigenvalue weighted by atomic mass is 10.2. The van der Waals surface area contributed by atoms with Crippen LogP contribution in [0.4, 0.5) is 0 Å². The molecule has 1 aromatic heterocycles. The molecule has 2 aromatic rings. The Morgan fingerprint density at radius 3 is 2.68 bits per heavy atom. The van der Waals surface area contributed by atoms with E-state index in [0.29, 0.717) is 5.69 Å². The number of hydrogen-bond acceptors (Lipinski definition) is 4. The van der Waals surface area contributed by atoms with Crippen LogP contribution in [0, 0.1) is 6.92 Å². The number of hydrogen-bond donors (Lipinski definition) is 2. The second-order valence-corrected chi connectivity index (χ2v) is 6.15. The van der Waals surface area contributed by atoms with Crippen molar-refractivity contribution >= 4 is 11.9 Å². The van der Waals surface area contributed by atoms with Crippen LogP contribution in [0.25, 0.3) is 5.69 Å². The molecule has 0 radical (unpaired) electrons. The molecule has 0 saturated heterocycles. The second-order valence-electron chi connectivity index (χ2n) is 6.15. The number of methoxy groups -OCH3 is 1. The van der Waals surface area contributed by atoms with Crippen LogP contribution in [-0.2, 0) is 22.4 Å². The molecule has 7 heteroatoms. The van der Waals surface area contributed by atoms with Gasteiger partial charge in [-0.1, -0.05) is 17.7 Å². The summed E-state index contributed by atoms with van der Waals surface area (Å²) in [5.74, 6) is -1.48. The van der Waals surface area contributed by atoms with Crippen LogP contribution in [-0.4, -0.2) is 46.5 Å². The lowest BCUT2D eigenvalue weighted by Gasteiger charge is -2.11. The largest absolute Gasteiger partial charge is 0.479 e. The maximum Gasteiger partial charge on any atom is 0.334 e. The van der Waals surface area contributed by atoms with Crippen molar-refractivity contribution in [3.05, 3.63) is 46.8 Å². The SMILES string of the molecule is COC(CNC(=O)c1nn(-c2ccc(C)cc2)c2c1CCC2)C(=O)O. The number of carbonyl (C=O) groups is 2. The number of rotatable bonds is 6. The summed E-state index contributed by atoms with van der Waals surface area (Å²) in [5, 5.41) is 16.1. The fourth-order valence-electron chi connectivity index (χ4n) is 3.06. The van der Waals surface area contributed by atoms with E-state index in [4.69, 9.17) is 9.84 Å². The minimum absolute atomic E-state index is 0.100. The van der Waals surface area contributed by atoms with Crippen molar-refractivity contribution in [2.45, 2.75) is 32.3 Å². The van der Waals surface area contributed by atoms with Gasteiger partial charge in [0.1, 0.15) is 0 Å². The number of carboxylic acid groups (broad SMARTS) is 1. The third kappa shape index (κ3) is 3.41. The molecular weight excluding hydrogens is 322 g/mol. The van der Waals surface area contributed by atoms with Crippen molar-refractivity contribution in [3.8, 4) is 5.69 Å². The first-order valence-corrected chi connectivity index (χ1v) is 8.23. The zero-order valence-electron chi connectivity index (χ0n) is 14.3. The summed E-state index contributed by atoms with van der Waals surface area (Å²) in [6, 6.07) is 7.98. The van der Waals surface area contributed by atoms with Gasteiger partial charge in [0.05, 0.1) is 12.2 Å². The molecule has 25 heavy (non-hydrogen) atoms. The van der Waals surface area contributed by atoms with Crippen molar-refractivity contribution in [2.75, 3.05) is 13.7 Å². The number of amides is 1. The van der Waals surface area contributed by atoms with E-state index in [1.807, 2.05) is 35.9 Å². The molecular formula is C18H21N3O4. The van der Waals surface area contributed by atoms with Gasteiger partial charge in [-0.3, -0.25) is 4.79 Å². The number of carboxylic acids is 1. The van der Waals surface area contributed by atoms with Gasteiger partial charge in [0.15, 0.2) is 11.8 Å². The van der Waals surface area contributed by atoms with Crippen LogP contribution in [0.5, 0.6) is 0 Å². The Bertz CT molecular complexity index is 795. The van der Waals surface area contributed by atoms with Crippen molar-refractivity contribution in [1.82, 2.24) is 15.1 Å². The number of aromatic nitrogens is 2. The Kier molecular flexibility index (Phi) is 4.85. The van der Waals surface area contributed by atoms with Crippen molar-refractivity contribution in [2.24, 2.45) is 0 Å². The maximum absolute atomic E-state index is 12.5. The van der Waals surface area contributed by atoms with E-state index in [1.165, 1.54) is 7.11 Å². The van der Waals surface area contributed by atoms with E-state index in [1.54, 1.807) is 0 Å². The van der Waals surface area contributed by atoms with Gasteiger partial charge in [0.25, 0.3) is 5.91 Å². The Hall–Kier alpha value is -2.67. The molecule has 2 N–H and O–H groups in total. The highest BCUT2D eigenvalue weighted by Crippen LogP contribution is 2.27. The smallest absolute Gasteiger partial charge is 0.334 e. The Labute approximate surface area is 145 Å². The molecule has 1 aliphatic carbocycles. The highest BCUT2D eigenvalue weighted by molar-refractivity contribution is 5.94. The van der Waals surface area contributed by atoms with Crippen LogP contribution < -0.4 is 5.32 Å². The van der Waals surface area contributed by atoms with Crippen molar-refractivity contribution in [3.63, 3.8) is 0 Å². The summed E-state index contributed by atoms with van der Waals surface area (Å²) in [6.45, 7) is 1.92. The number of ether oxygens (including phenoxy) is 1. The zero-order valence-corrected chi connectivity index (χ0v) is 14.3. The number of nitrogens with zero attached hydrogens (tertiary/aromatic N) is 2. The molecule has 1 heterocycles. The molecule has 0 spiro atoms. The number of aryl methyl sites for hydroxylation is 1. The van der Waals surface area contributed by atoms with Crippen LogP contribution in [0.15, 0.2) is 24.3 Å². The summed E-state index contributed by atoms with van der Waals surface area (Å²) in [5.41, 5.74) is 4.44. The molecule has 132 valence electrons. The predicted molar refractivity (Wildman–Crippen MR) is 91.1 cm³/mol. The highest BCUT2D eigenvalue weighted by Gasteiger charge is 2.27. The third-order valence-corrected chi connectivity index (χ3v) is 4.43. The number of nitrogens with one attached hydrogen (secondary N) is 1. The fourth-order valence-corrected chi connectivity index (χ4v) is 3.06. The van der Waals surface area contributed by atoms with E-state index in [2.05, 4.69) is 10.4 Å². The maximum atomic E-state index is 12.5. The minimum atomic E-state index is -1.11. The third-order valence-electron chi connectivity index (χ3n) is 4.43. The lowest BCUT2D eigenvalue weighted by molar-refractivity contribution is -0.148. The normalized spacial score (nSPS) is 14.2. The minimum Gasteiger partial charge on any atom is -0.479 e. The first kappa shape index (κ1) is 17.2. The molecule has 1 amide bonds.